The van der Waals surface area contributed by atoms with Gasteiger partial charge in [0.1, 0.15) is 0 Å². The van der Waals surface area contributed by atoms with Crippen LogP contribution in [0, 0.1) is 5.92 Å². The SMILES string of the molecule is COCC(C)NCCN1CCCC1C(C)C. The first-order chi connectivity index (χ1) is 7.65. The number of ether oxygens (including phenoxy) is 1. The Kier molecular flexibility index (Phi) is 6.32. The fourth-order valence-electron chi connectivity index (χ4n) is 2.65. The largest absolute Gasteiger partial charge is 0.383 e. The van der Waals surface area contributed by atoms with Gasteiger partial charge in [-0.1, -0.05) is 13.8 Å². The lowest BCUT2D eigenvalue weighted by atomic mass is 10.0. The second-order valence-electron chi connectivity index (χ2n) is 5.30. The van der Waals surface area contributed by atoms with Crippen LogP contribution in [0.2, 0.25) is 0 Å². The third kappa shape index (κ3) is 4.40. The highest BCUT2D eigenvalue weighted by Gasteiger charge is 2.26. The third-order valence-corrected chi connectivity index (χ3v) is 3.49. The zero-order chi connectivity index (χ0) is 12.0. The van der Waals surface area contributed by atoms with E-state index in [1.54, 1.807) is 7.11 Å². The Labute approximate surface area is 101 Å². The molecule has 0 radical (unpaired) electrons. The maximum absolute atomic E-state index is 5.11. The van der Waals surface area contributed by atoms with Gasteiger partial charge in [-0.15, -0.1) is 0 Å². The predicted molar refractivity (Wildman–Crippen MR) is 68.8 cm³/mol. The summed E-state index contributed by atoms with van der Waals surface area (Å²) < 4.78 is 5.11. The zero-order valence-corrected chi connectivity index (χ0v) is 11.3. The van der Waals surface area contributed by atoms with Crippen LogP contribution in [-0.2, 0) is 4.74 Å². The molecule has 1 saturated heterocycles. The Morgan fingerprint density at radius 1 is 1.38 bits per heavy atom. The van der Waals surface area contributed by atoms with Crippen LogP contribution in [0.5, 0.6) is 0 Å². The fourth-order valence-corrected chi connectivity index (χ4v) is 2.65. The monoisotopic (exact) mass is 228 g/mol. The molecule has 0 aromatic carbocycles. The molecule has 1 aliphatic rings. The van der Waals surface area contributed by atoms with Crippen molar-refractivity contribution in [3.63, 3.8) is 0 Å². The van der Waals surface area contributed by atoms with Crippen molar-refractivity contribution in [3.8, 4) is 0 Å². The van der Waals surface area contributed by atoms with E-state index in [-0.39, 0.29) is 0 Å². The summed E-state index contributed by atoms with van der Waals surface area (Å²) in [5, 5.41) is 3.50. The molecular weight excluding hydrogens is 200 g/mol. The van der Waals surface area contributed by atoms with Crippen LogP contribution in [0.3, 0.4) is 0 Å². The Bertz CT molecular complexity index is 185. The molecule has 1 heterocycles. The molecule has 0 aromatic heterocycles. The highest BCUT2D eigenvalue weighted by Crippen LogP contribution is 2.22. The van der Waals surface area contributed by atoms with Crippen molar-refractivity contribution in [2.24, 2.45) is 5.92 Å². The van der Waals surface area contributed by atoms with Crippen molar-refractivity contribution in [2.45, 2.75) is 45.7 Å². The minimum Gasteiger partial charge on any atom is -0.383 e. The number of hydrogen-bond acceptors (Lipinski definition) is 3. The van der Waals surface area contributed by atoms with Crippen LogP contribution >= 0.6 is 0 Å². The summed E-state index contributed by atoms with van der Waals surface area (Å²) in [5.41, 5.74) is 0. The molecule has 0 spiro atoms. The van der Waals surface area contributed by atoms with Crippen molar-refractivity contribution in [1.82, 2.24) is 10.2 Å². The van der Waals surface area contributed by atoms with Gasteiger partial charge in [-0.3, -0.25) is 4.90 Å². The summed E-state index contributed by atoms with van der Waals surface area (Å²) in [7, 11) is 1.76. The lowest BCUT2D eigenvalue weighted by Gasteiger charge is -2.28. The van der Waals surface area contributed by atoms with Crippen LogP contribution in [0.1, 0.15) is 33.6 Å². The Balaban J connectivity index is 2.16. The summed E-state index contributed by atoms with van der Waals surface area (Å²) in [6.45, 7) is 11.2. The lowest BCUT2D eigenvalue weighted by Crippen LogP contribution is -2.41. The highest BCUT2D eigenvalue weighted by atomic mass is 16.5. The number of rotatable bonds is 7. The van der Waals surface area contributed by atoms with E-state index < -0.39 is 0 Å². The molecule has 1 rings (SSSR count). The number of nitrogens with zero attached hydrogens (tertiary/aromatic N) is 1. The first kappa shape index (κ1) is 13.9. The molecule has 0 aliphatic carbocycles. The van der Waals surface area contributed by atoms with Gasteiger partial charge in [0.25, 0.3) is 0 Å². The van der Waals surface area contributed by atoms with Crippen molar-refractivity contribution in [2.75, 3.05) is 33.4 Å². The van der Waals surface area contributed by atoms with Crippen molar-refractivity contribution in [1.29, 1.82) is 0 Å². The van der Waals surface area contributed by atoms with Gasteiger partial charge < -0.3 is 10.1 Å². The molecule has 3 nitrogen and oxygen atoms in total. The molecule has 0 aromatic rings. The summed E-state index contributed by atoms with van der Waals surface area (Å²) in [6.07, 6.45) is 2.75. The molecular formula is C13H28N2O. The van der Waals surface area contributed by atoms with Crippen LogP contribution in [0.15, 0.2) is 0 Å². The summed E-state index contributed by atoms with van der Waals surface area (Å²) in [4.78, 5) is 2.64. The van der Waals surface area contributed by atoms with E-state index in [2.05, 4.69) is 31.0 Å². The molecule has 2 atom stereocenters. The predicted octanol–water partition coefficient (Wildman–Crippen LogP) is 1.73. The second-order valence-corrected chi connectivity index (χ2v) is 5.30. The minimum absolute atomic E-state index is 0.463. The Morgan fingerprint density at radius 2 is 2.12 bits per heavy atom. The van der Waals surface area contributed by atoms with Crippen molar-refractivity contribution in [3.05, 3.63) is 0 Å². The molecule has 1 N–H and O–H groups in total. The molecule has 0 bridgehead atoms. The smallest absolute Gasteiger partial charge is 0.0613 e. The van der Waals surface area contributed by atoms with E-state index in [0.717, 1.165) is 25.1 Å². The number of methoxy groups -OCH3 is 1. The first-order valence-corrected chi connectivity index (χ1v) is 6.61. The average Bonchev–Trinajstić information content (AvgIpc) is 2.66. The molecule has 96 valence electrons. The van der Waals surface area contributed by atoms with Crippen LogP contribution < -0.4 is 5.32 Å². The molecule has 2 unspecified atom stereocenters. The van der Waals surface area contributed by atoms with Crippen LogP contribution in [0.4, 0.5) is 0 Å². The van der Waals surface area contributed by atoms with E-state index in [4.69, 9.17) is 4.74 Å². The summed E-state index contributed by atoms with van der Waals surface area (Å²) in [6, 6.07) is 1.27. The second kappa shape index (κ2) is 7.25. The number of likely N-dealkylation sites (tertiary alicyclic amines) is 1. The molecule has 16 heavy (non-hydrogen) atoms. The van der Waals surface area contributed by atoms with Crippen molar-refractivity contribution >= 4 is 0 Å². The van der Waals surface area contributed by atoms with Gasteiger partial charge >= 0.3 is 0 Å². The fraction of sp³-hybridized carbons (Fsp3) is 1.00. The van der Waals surface area contributed by atoms with Gasteiger partial charge in [-0.2, -0.15) is 0 Å². The first-order valence-electron chi connectivity index (χ1n) is 6.61. The molecule has 1 aliphatic heterocycles. The van der Waals surface area contributed by atoms with E-state index >= 15 is 0 Å². The third-order valence-electron chi connectivity index (χ3n) is 3.49. The van der Waals surface area contributed by atoms with E-state index in [9.17, 15) is 0 Å². The van der Waals surface area contributed by atoms with Gasteiger partial charge in [0.2, 0.25) is 0 Å². The molecule has 1 fully saturated rings. The Morgan fingerprint density at radius 3 is 2.75 bits per heavy atom. The summed E-state index contributed by atoms with van der Waals surface area (Å²) in [5.74, 6) is 0.791. The van der Waals surface area contributed by atoms with Crippen LogP contribution in [0.25, 0.3) is 0 Å². The van der Waals surface area contributed by atoms with E-state index in [0.29, 0.717) is 6.04 Å². The van der Waals surface area contributed by atoms with Gasteiger partial charge in [-0.25, -0.2) is 0 Å². The summed E-state index contributed by atoms with van der Waals surface area (Å²) >= 11 is 0. The van der Waals surface area contributed by atoms with Gasteiger partial charge in [0.05, 0.1) is 6.61 Å². The number of hydrogen-bond donors (Lipinski definition) is 1. The van der Waals surface area contributed by atoms with Gasteiger partial charge in [-0.05, 0) is 32.2 Å². The molecule has 0 amide bonds. The minimum atomic E-state index is 0.463. The van der Waals surface area contributed by atoms with Crippen molar-refractivity contribution < 1.29 is 4.74 Å². The normalized spacial score (nSPS) is 24.2. The highest BCUT2D eigenvalue weighted by molar-refractivity contribution is 4.81. The van der Waals surface area contributed by atoms with E-state index in [1.807, 2.05) is 0 Å². The number of nitrogens with one attached hydrogen (secondary N) is 1. The average molecular weight is 228 g/mol. The molecule has 3 heteroatoms. The zero-order valence-electron chi connectivity index (χ0n) is 11.3. The standard InChI is InChI=1S/C13H28N2O/c1-11(2)13-6-5-8-15(13)9-7-14-12(3)10-16-4/h11-14H,5-10H2,1-4H3. The Hall–Kier alpha value is -0.120. The van der Waals surface area contributed by atoms with Gasteiger partial charge in [0.15, 0.2) is 0 Å². The van der Waals surface area contributed by atoms with E-state index in [1.165, 1.54) is 25.9 Å². The maximum Gasteiger partial charge on any atom is 0.0613 e. The van der Waals surface area contributed by atoms with Crippen LogP contribution in [-0.4, -0.2) is 50.3 Å². The maximum atomic E-state index is 5.11. The topological polar surface area (TPSA) is 24.5 Å². The molecule has 0 saturated carbocycles. The quantitative estimate of drug-likeness (QED) is 0.718. The lowest BCUT2D eigenvalue weighted by molar-refractivity contribution is 0.164. The van der Waals surface area contributed by atoms with Gasteiger partial charge in [0, 0.05) is 32.3 Å².